The van der Waals surface area contributed by atoms with Crippen LogP contribution in [-0.2, 0) is 27.1 Å². The van der Waals surface area contributed by atoms with Crippen LogP contribution < -0.4 is 10.0 Å². The minimum atomic E-state index is -3.39. The highest BCUT2D eigenvalue weighted by Crippen LogP contribution is 2.32. The number of sulfonamides is 1. The van der Waals surface area contributed by atoms with Crippen molar-refractivity contribution in [2.24, 2.45) is 11.8 Å². The first-order valence-corrected chi connectivity index (χ1v) is 12.3. The van der Waals surface area contributed by atoms with Crippen LogP contribution in [0.3, 0.4) is 0 Å². The van der Waals surface area contributed by atoms with Gasteiger partial charge in [-0.15, -0.1) is 0 Å². The summed E-state index contributed by atoms with van der Waals surface area (Å²) in [6, 6.07) is 7.29. The van der Waals surface area contributed by atoms with E-state index in [4.69, 9.17) is 0 Å². The average Bonchev–Trinajstić information content (AvgIpc) is 2.64. The number of unbranched alkanes of at least 4 members (excludes halogenated alkanes) is 1. The minimum Gasteiger partial charge on any atom is -0.352 e. The molecule has 28 heavy (non-hydrogen) atoms. The summed E-state index contributed by atoms with van der Waals surface area (Å²) in [7, 11) is -3.39. The fourth-order valence-electron chi connectivity index (χ4n) is 4.01. The van der Waals surface area contributed by atoms with Crippen LogP contribution in [-0.4, -0.2) is 20.4 Å². The molecule has 5 nitrogen and oxygen atoms in total. The van der Waals surface area contributed by atoms with Crippen LogP contribution in [0.5, 0.6) is 0 Å². The number of rotatable bonds is 10. The van der Waals surface area contributed by atoms with E-state index in [2.05, 4.69) is 17.0 Å². The smallest absolute Gasteiger partial charge is 0.223 e. The second-order valence-corrected chi connectivity index (χ2v) is 10.1. The molecule has 1 aliphatic carbocycles. The summed E-state index contributed by atoms with van der Waals surface area (Å²) in [5.74, 6) is 0.909. The summed E-state index contributed by atoms with van der Waals surface area (Å²) in [5, 5.41) is 3.04. The Labute approximate surface area is 170 Å². The van der Waals surface area contributed by atoms with Crippen molar-refractivity contribution in [1.29, 1.82) is 0 Å². The zero-order valence-electron chi connectivity index (χ0n) is 17.5. The Morgan fingerprint density at radius 1 is 1.11 bits per heavy atom. The fraction of sp³-hybridized carbons (Fsp3) is 0.682. The van der Waals surface area contributed by atoms with Gasteiger partial charge in [-0.3, -0.25) is 4.79 Å². The van der Waals surface area contributed by atoms with Gasteiger partial charge in [0.2, 0.25) is 15.9 Å². The van der Waals surface area contributed by atoms with Crippen molar-refractivity contribution in [3.63, 3.8) is 0 Å². The monoisotopic (exact) mass is 408 g/mol. The highest BCUT2D eigenvalue weighted by atomic mass is 32.2. The number of hydrogen-bond donors (Lipinski definition) is 2. The van der Waals surface area contributed by atoms with Gasteiger partial charge in [0.1, 0.15) is 0 Å². The third-order valence-electron chi connectivity index (χ3n) is 5.52. The molecule has 0 saturated heterocycles. The van der Waals surface area contributed by atoms with E-state index in [1.165, 1.54) is 19.3 Å². The summed E-state index contributed by atoms with van der Waals surface area (Å²) in [6.45, 7) is 6.21. The second kappa shape index (κ2) is 11.0. The van der Waals surface area contributed by atoms with Gasteiger partial charge in [0, 0.05) is 18.5 Å². The zero-order valence-corrected chi connectivity index (χ0v) is 18.4. The van der Waals surface area contributed by atoms with E-state index in [1.54, 1.807) is 13.8 Å². The summed E-state index contributed by atoms with van der Waals surface area (Å²) in [4.78, 5) is 12.6. The number of hydrogen-bond acceptors (Lipinski definition) is 3. The van der Waals surface area contributed by atoms with Gasteiger partial charge >= 0.3 is 0 Å². The molecule has 0 spiro atoms. The maximum absolute atomic E-state index is 12.6. The number of amides is 1. The summed E-state index contributed by atoms with van der Waals surface area (Å²) in [6.07, 6.45) is 8.04. The van der Waals surface area contributed by atoms with Crippen molar-refractivity contribution >= 4 is 15.9 Å². The number of carbonyl (C=O) groups excluding carboxylic acids is 1. The Morgan fingerprint density at radius 2 is 1.75 bits per heavy atom. The van der Waals surface area contributed by atoms with Crippen molar-refractivity contribution < 1.29 is 13.2 Å². The normalized spacial score (nSPS) is 20.3. The molecule has 1 aliphatic rings. The Hall–Kier alpha value is -1.40. The standard InChI is InChI=1S/C22H36N2O3S/c1-4-5-8-18-11-13-19(14-12-18)22(25)23-15-20-9-6-7-10-21(20)16-28(26,27)24-17(2)3/h6-7,9-10,17-19,24H,4-5,8,11-16H2,1-3H3,(H,23,25). The zero-order chi connectivity index (χ0) is 20.6. The maximum atomic E-state index is 12.6. The summed E-state index contributed by atoms with van der Waals surface area (Å²) in [5.41, 5.74) is 1.60. The SMILES string of the molecule is CCCCC1CCC(C(=O)NCc2ccccc2CS(=O)(=O)NC(C)C)CC1. The van der Waals surface area contributed by atoms with Crippen molar-refractivity contribution in [1.82, 2.24) is 10.0 Å². The molecule has 0 aromatic heterocycles. The molecule has 1 saturated carbocycles. The quantitative estimate of drug-likeness (QED) is 0.611. The van der Waals surface area contributed by atoms with E-state index in [1.807, 2.05) is 24.3 Å². The Morgan fingerprint density at radius 3 is 2.36 bits per heavy atom. The van der Waals surface area contributed by atoms with Crippen LogP contribution in [0.1, 0.15) is 76.8 Å². The molecule has 1 aromatic carbocycles. The van der Waals surface area contributed by atoms with Gasteiger partial charge in [0.15, 0.2) is 0 Å². The van der Waals surface area contributed by atoms with Gasteiger partial charge in [-0.1, -0.05) is 50.5 Å². The molecule has 1 fully saturated rings. The predicted molar refractivity (Wildman–Crippen MR) is 114 cm³/mol. The van der Waals surface area contributed by atoms with E-state index >= 15 is 0 Å². The minimum absolute atomic E-state index is 0.0697. The lowest BCUT2D eigenvalue weighted by Gasteiger charge is -2.27. The van der Waals surface area contributed by atoms with E-state index in [0.29, 0.717) is 6.54 Å². The Kier molecular flexibility index (Phi) is 8.96. The van der Waals surface area contributed by atoms with Crippen LogP contribution in [0.4, 0.5) is 0 Å². The van der Waals surface area contributed by atoms with Crippen molar-refractivity contribution in [3.05, 3.63) is 35.4 Å². The number of carbonyl (C=O) groups is 1. The molecule has 0 atom stereocenters. The van der Waals surface area contributed by atoms with E-state index in [-0.39, 0.29) is 23.6 Å². The summed E-state index contributed by atoms with van der Waals surface area (Å²) >= 11 is 0. The molecule has 1 amide bonds. The van der Waals surface area contributed by atoms with Gasteiger partial charge < -0.3 is 5.32 Å². The van der Waals surface area contributed by atoms with Crippen LogP contribution >= 0.6 is 0 Å². The third-order valence-corrected chi connectivity index (χ3v) is 7.04. The first-order valence-electron chi connectivity index (χ1n) is 10.6. The average molecular weight is 409 g/mol. The molecule has 0 aliphatic heterocycles. The molecule has 0 heterocycles. The Balaban J connectivity index is 1.88. The topological polar surface area (TPSA) is 75.3 Å². The van der Waals surface area contributed by atoms with Gasteiger partial charge in [-0.2, -0.15) is 0 Å². The van der Waals surface area contributed by atoms with Gasteiger partial charge in [0.05, 0.1) is 5.75 Å². The lowest BCUT2D eigenvalue weighted by molar-refractivity contribution is -0.126. The molecule has 0 bridgehead atoms. The first-order chi connectivity index (χ1) is 13.3. The highest BCUT2D eigenvalue weighted by Gasteiger charge is 2.26. The van der Waals surface area contributed by atoms with Crippen molar-refractivity contribution in [2.75, 3.05) is 0 Å². The van der Waals surface area contributed by atoms with Gasteiger partial charge in [-0.05, 0) is 56.6 Å². The van der Waals surface area contributed by atoms with E-state index in [0.717, 1.165) is 42.7 Å². The van der Waals surface area contributed by atoms with E-state index in [9.17, 15) is 13.2 Å². The maximum Gasteiger partial charge on any atom is 0.223 e. The molecule has 2 N–H and O–H groups in total. The van der Waals surface area contributed by atoms with Crippen LogP contribution in [0.15, 0.2) is 24.3 Å². The van der Waals surface area contributed by atoms with Crippen LogP contribution in [0, 0.1) is 11.8 Å². The molecule has 2 rings (SSSR count). The first kappa shape index (κ1) is 22.9. The van der Waals surface area contributed by atoms with E-state index < -0.39 is 10.0 Å². The van der Waals surface area contributed by atoms with Gasteiger partial charge in [-0.25, -0.2) is 13.1 Å². The molecule has 6 heteroatoms. The molecular formula is C22H36N2O3S. The number of nitrogens with one attached hydrogen (secondary N) is 2. The second-order valence-electron chi connectivity index (χ2n) is 8.38. The molecule has 1 aromatic rings. The van der Waals surface area contributed by atoms with Gasteiger partial charge in [0.25, 0.3) is 0 Å². The van der Waals surface area contributed by atoms with Crippen molar-refractivity contribution in [2.45, 2.75) is 84.1 Å². The molecule has 158 valence electrons. The fourth-order valence-corrected chi connectivity index (χ4v) is 5.50. The van der Waals surface area contributed by atoms with Crippen molar-refractivity contribution in [3.8, 4) is 0 Å². The largest absolute Gasteiger partial charge is 0.352 e. The number of benzene rings is 1. The third kappa shape index (κ3) is 7.55. The molecule has 0 radical (unpaired) electrons. The van der Waals surface area contributed by atoms with Crippen LogP contribution in [0.2, 0.25) is 0 Å². The van der Waals surface area contributed by atoms with Crippen LogP contribution in [0.25, 0.3) is 0 Å². The predicted octanol–water partition coefficient (Wildman–Crippen LogP) is 4.13. The highest BCUT2D eigenvalue weighted by molar-refractivity contribution is 7.88. The Bertz CT molecular complexity index is 723. The summed E-state index contributed by atoms with van der Waals surface area (Å²) < 4.78 is 27.1. The lowest BCUT2D eigenvalue weighted by atomic mass is 9.79. The molecule has 0 unspecified atom stereocenters. The lowest BCUT2D eigenvalue weighted by Crippen LogP contribution is -2.34. The molecular weight excluding hydrogens is 372 g/mol.